The molecule has 0 spiro atoms. The third kappa shape index (κ3) is 4.64. The first kappa shape index (κ1) is 23.0. The van der Waals surface area contributed by atoms with Crippen LogP contribution >= 0.6 is 0 Å². The highest BCUT2D eigenvalue weighted by atomic mass is 19.4. The zero-order valence-corrected chi connectivity index (χ0v) is 19.1. The van der Waals surface area contributed by atoms with Crippen molar-refractivity contribution in [2.45, 2.75) is 19.1 Å². The van der Waals surface area contributed by atoms with Crippen LogP contribution in [-0.4, -0.2) is 56.5 Å². The lowest BCUT2D eigenvalue weighted by atomic mass is 9.96. The SMILES string of the molecule is Cc1cc(C(F)(F)F)n2nc(C(=O)N3CCN(C(c4ccccc4)c4ccccc4)CC3)cc2n1. The lowest BCUT2D eigenvalue weighted by molar-refractivity contribution is -0.142. The van der Waals surface area contributed by atoms with Crippen molar-refractivity contribution in [2.75, 3.05) is 26.2 Å². The molecule has 3 heterocycles. The molecule has 2 aromatic heterocycles. The third-order valence-corrected chi connectivity index (χ3v) is 6.26. The first-order valence-corrected chi connectivity index (χ1v) is 11.4. The Morgan fingerprint density at radius 3 is 2.00 bits per heavy atom. The number of aryl methyl sites for hydroxylation is 1. The van der Waals surface area contributed by atoms with E-state index in [1.54, 1.807) is 4.90 Å². The van der Waals surface area contributed by atoms with Crippen LogP contribution in [-0.2, 0) is 6.18 Å². The van der Waals surface area contributed by atoms with Crippen molar-refractivity contribution in [3.8, 4) is 0 Å². The summed E-state index contributed by atoms with van der Waals surface area (Å²) in [4.78, 5) is 21.2. The van der Waals surface area contributed by atoms with Crippen LogP contribution in [0.5, 0.6) is 0 Å². The van der Waals surface area contributed by atoms with Crippen molar-refractivity contribution in [3.63, 3.8) is 0 Å². The van der Waals surface area contributed by atoms with Crippen LogP contribution in [0.4, 0.5) is 13.2 Å². The Bertz CT molecular complexity index is 1290. The lowest BCUT2D eigenvalue weighted by Gasteiger charge is -2.39. The van der Waals surface area contributed by atoms with Gasteiger partial charge in [0.15, 0.2) is 11.3 Å². The molecule has 2 aromatic carbocycles. The van der Waals surface area contributed by atoms with E-state index in [9.17, 15) is 18.0 Å². The second kappa shape index (κ2) is 9.14. The standard InChI is InChI=1S/C26H24F3N5O/c1-18-16-22(26(27,28)29)34-23(30-18)17-21(31-34)25(35)33-14-12-32(13-15-33)24(19-8-4-2-5-9-19)20-10-6-3-7-11-20/h2-11,16-17,24H,12-15H2,1H3. The number of piperazine rings is 1. The maximum atomic E-state index is 13.5. The molecule has 35 heavy (non-hydrogen) atoms. The number of hydrogen-bond acceptors (Lipinski definition) is 4. The molecule has 0 N–H and O–H groups in total. The van der Waals surface area contributed by atoms with Gasteiger partial charge in [-0.05, 0) is 24.1 Å². The first-order valence-electron chi connectivity index (χ1n) is 11.4. The van der Waals surface area contributed by atoms with E-state index >= 15 is 0 Å². The number of hydrogen-bond donors (Lipinski definition) is 0. The number of rotatable bonds is 4. The molecule has 180 valence electrons. The highest BCUT2D eigenvalue weighted by Gasteiger charge is 2.36. The predicted octanol–water partition coefficient (Wildman–Crippen LogP) is 4.60. The van der Waals surface area contributed by atoms with Gasteiger partial charge in [-0.25, -0.2) is 9.50 Å². The molecular weight excluding hydrogens is 455 g/mol. The van der Waals surface area contributed by atoms with Crippen molar-refractivity contribution in [3.05, 3.63) is 101 Å². The number of aromatic nitrogens is 3. The molecule has 9 heteroatoms. The van der Waals surface area contributed by atoms with E-state index in [2.05, 4.69) is 39.2 Å². The number of carbonyl (C=O) groups is 1. The van der Waals surface area contributed by atoms with Crippen molar-refractivity contribution in [2.24, 2.45) is 0 Å². The molecule has 0 unspecified atom stereocenters. The number of halogens is 3. The summed E-state index contributed by atoms with van der Waals surface area (Å²) < 4.78 is 41.1. The lowest BCUT2D eigenvalue weighted by Crippen LogP contribution is -2.50. The summed E-state index contributed by atoms with van der Waals surface area (Å²) in [6.45, 7) is 3.62. The Balaban J connectivity index is 1.36. The summed E-state index contributed by atoms with van der Waals surface area (Å²) in [5.74, 6) is -0.392. The summed E-state index contributed by atoms with van der Waals surface area (Å²) >= 11 is 0. The highest BCUT2D eigenvalue weighted by Crippen LogP contribution is 2.31. The number of alkyl halides is 3. The fourth-order valence-corrected chi connectivity index (χ4v) is 4.64. The smallest absolute Gasteiger partial charge is 0.335 e. The number of fused-ring (bicyclic) bond motifs is 1. The van der Waals surface area contributed by atoms with Gasteiger partial charge in [0.1, 0.15) is 5.69 Å². The molecule has 1 aliphatic rings. The van der Waals surface area contributed by atoms with Gasteiger partial charge in [0, 0.05) is 37.9 Å². The molecule has 6 nitrogen and oxygen atoms in total. The molecule has 0 aliphatic carbocycles. The maximum Gasteiger partial charge on any atom is 0.433 e. The quantitative estimate of drug-likeness (QED) is 0.429. The van der Waals surface area contributed by atoms with Crippen LogP contribution in [0.2, 0.25) is 0 Å². The fraction of sp³-hybridized carbons (Fsp3) is 0.269. The van der Waals surface area contributed by atoms with Gasteiger partial charge in [-0.15, -0.1) is 0 Å². The van der Waals surface area contributed by atoms with Gasteiger partial charge < -0.3 is 4.90 Å². The topological polar surface area (TPSA) is 53.7 Å². The van der Waals surface area contributed by atoms with Crippen LogP contribution in [0, 0.1) is 6.92 Å². The van der Waals surface area contributed by atoms with E-state index < -0.39 is 17.8 Å². The van der Waals surface area contributed by atoms with Crippen molar-refractivity contribution in [1.82, 2.24) is 24.4 Å². The summed E-state index contributed by atoms with van der Waals surface area (Å²) in [6, 6.07) is 22.7. The Morgan fingerprint density at radius 1 is 0.886 bits per heavy atom. The molecule has 0 atom stereocenters. The highest BCUT2D eigenvalue weighted by molar-refractivity contribution is 5.93. The second-order valence-electron chi connectivity index (χ2n) is 8.63. The summed E-state index contributed by atoms with van der Waals surface area (Å²) in [5, 5.41) is 3.97. The molecule has 1 amide bonds. The Hall–Kier alpha value is -3.72. The van der Waals surface area contributed by atoms with Gasteiger partial charge in [0.05, 0.1) is 6.04 Å². The number of amides is 1. The van der Waals surface area contributed by atoms with Crippen LogP contribution in [0.1, 0.15) is 39.0 Å². The van der Waals surface area contributed by atoms with Gasteiger partial charge >= 0.3 is 6.18 Å². The molecule has 0 radical (unpaired) electrons. The molecule has 4 aromatic rings. The van der Waals surface area contributed by atoms with E-state index in [0.29, 0.717) is 30.7 Å². The molecule has 1 aliphatic heterocycles. The number of carbonyl (C=O) groups excluding carboxylic acids is 1. The molecule has 1 fully saturated rings. The minimum atomic E-state index is -4.60. The predicted molar refractivity (Wildman–Crippen MR) is 125 cm³/mol. The fourth-order valence-electron chi connectivity index (χ4n) is 4.64. The van der Waals surface area contributed by atoms with E-state index in [4.69, 9.17) is 0 Å². The average Bonchev–Trinajstić information content (AvgIpc) is 3.28. The van der Waals surface area contributed by atoms with Gasteiger partial charge in [0.25, 0.3) is 5.91 Å². The van der Waals surface area contributed by atoms with Crippen LogP contribution in [0.3, 0.4) is 0 Å². The Labute approximate surface area is 200 Å². The summed E-state index contributed by atoms with van der Waals surface area (Å²) in [6.07, 6.45) is -4.60. The van der Waals surface area contributed by atoms with E-state index in [1.807, 2.05) is 36.4 Å². The zero-order valence-electron chi connectivity index (χ0n) is 19.1. The number of nitrogens with zero attached hydrogens (tertiary/aromatic N) is 5. The zero-order chi connectivity index (χ0) is 24.6. The summed E-state index contributed by atoms with van der Waals surface area (Å²) in [7, 11) is 0. The minimum Gasteiger partial charge on any atom is -0.335 e. The van der Waals surface area contributed by atoms with Crippen molar-refractivity contribution < 1.29 is 18.0 Å². The third-order valence-electron chi connectivity index (χ3n) is 6.26. The first-order chi connectivity index (χ1) is 16.8. The van der Waals surface area contributed by atoms with Gasteiger partial charge in [-0.1, -0.05) is 60.7 Å². The molecule has 1 saturated heterocycles. The van der Waals surface area contributed by atoms with Gasteiger partial charge in [0.2, 0.25) is 0 Å². The maximum absolute atomic E-state index is 13.5. The van der Waals surface area contributed by atoms with Crippen LogP contribution < -0.4 is 0 Å². The number of benzene rings is 2. The van der Waals surface area contributed by atoms with Crippen molar-refractivity contribution in [1.29, 1.82) is 0 Å². The van der Waals surface area contributed by atoms with Crippen LogP contribution in [0.15, 0.2) is 72.8 Å². The Morgan fingerprint density at radius 2 is 1.46 bits per heavy atom. The second-order valence-corrected chi connectivity index (χ2v) is 8.63. The Kier molecular flexibility index (Phi) is 6.02. The molecule has 0 saturated carbocycles. The molecular formula is C26H24F3N5O. The van der Waals surface area contributed by atoms with E-state index in [-0.39, 0.29) is 23.1 Å². The van der Waals surface area contributed by atoms with E-state index in [0.717, 1.165) is 6.07 Å². The van der Waals surface area contributed by atoms with Crippen molar-refractivity contribution >= 4 is 11.6 Å². The monoisotopic (exact) mass is 479 g/mol. The molecule has 0 bridgehead atoms. The largest absolute Gasteiger partial charge is 0.433 e. The normalized spacial score (nSPS) is 15.2. The minimum absolute atomic E-state index is 0.00697. The van der Waals surface area contributed by atoms with Gasteiger partial charge in [-0.3, -0.25) is 9.69 Å². The van der Waals surface area contributed by atoms with E-state index in [1.165, 1.54) is 24.1 Å². The molecule has 5 rings (SSSR count). The van der Waals surface area contributed by atoms with Crippen LogP contribution in [0.25, 0.3) is 5.65 Å². The van der Waals surface area contributed by atoms with Gasteiger partial charge in [-0.2, -0.15) is 18.3 Å². The summed E-state index contributed by atoms with van der Waals surface area (Å²) in [5.41, 5.74) is 1.57. The average molecular weight is 480 g/mol.